The van der Waals surface area contributed by atoms with Gasteiger partial charge in [-0.25, -0.2) is 17.2 Å². The van der Waals surface area contributed by atoms with Crippen molar-refractivity contribution in [2.45, 2.75) is 25.0 Å². The summed E-state index contributed by atoms with van der Waals surface area (Å²) in [4.78, 5) is 3.81. The van der Waals surface area contributed by atoms with Gasteiger partial charge in [-0.15, -0.1) is 0 Å². The molecule has 4 atom stereocenters. The number of benzene rings is 1. The van der Waals surface area contributed by atoms with E-state index < -0.39 is 21.5 Å². The molecule has 1 aromatic heterocycles. The van der Waals surface area contributed by atoms with Crippen molar-refractivity contribution in [1.82, 2.24) is 4.98 Å². The molecule has 2 heterocycles. The average molecular weight is 438 g/mol. The Morgan fingerprint density at radius 1 is 1.20 bits per heavy atom. The van der Waals surface area contributed by atoms with Crippen molar-refractivity contribution < 1.29 is 26.7 Å². The fourth-order valence-electron chi connectivity index (χ4n) is 4.36. The maximum atomic E-state index is 13.9. The summed E-state index contributed by atoms with van der Waals surface area (Å²) in [5, 5.41) is -0.217. The number of aromatic nitrogens is 1. The highest BCUT2D eigenvalue weighted by Crippen LogP contribution is 2.48. The van der Waals surface area contributed by atoms with Crippen molar-refractivity contribution in [2.75, 3.05) is 25.6 Å². The molecular formula is C22H25F2NO4S. The van der Waals surface area contributed by atoms with Crippen LogP contribution in [0.3, 0.4) is 0 Å². The molecule has 2 aromatic rings. The van der Waals surface area contributed by atoms with Gasteiger partial charge < -0.3 is 9.47 Å². The lowest BCUT2D eigenvalue weighted by molar-refractivity contribution is -0.00927. The normalized spacial score (nSPS) is 26.4. The zero-order valence-corrected chi connectivity index (χ0v) is 17.6. The number of rotatable bonds is 7. The Morgan fingerprint density at radius 3 is 2.67 bits per heavy atom. The van der Waals surface area contributed by atoms with Crippen molar-refractivity contribution in [2.24, 2.45) is 17.8 Å². The van der Waals surface area contributed by atoms with Crippen LogP contribution in [0.15, 0.2) is 36.5 Å². The van der Waals surface area contributed by atoms with Gasteiger partial charge in [0, 0.05) is 29.9 Å². The van der Waals surface area contributed by atoms with Gasteiger partial charge in [0.2, 0.25) is 0 Å². The lowest BCUT2D eigenvalue weighted by Crippen LogP contribution is -2.34. The Balaban J connectivity index is 1.39. The third-order valence-corrected chi connectivity index (χ3v) is 8.39. The van der Waals surface area contributed by atoms with E-state index in [-0.39, 0.29) is 34.5 Å². The number of ether oxygens (including phenoxy) is 2. The number of pyridine rings is 1. The first-order chi connectivity index (χ1) is 14.4. The Kier molecular flexibility index (Phi) is 6.06. The van der Waals surface area contributed by atoms with Crippen LogP contribution < -0.4 is 4.74 Å². The van der Waals surface area contributed by atoms with E-state index in [1.165, 1.54) is 0 Å². The molecule has 1 aliphatic carbocycles. The van der Waals surface area contributed by atoms with Gasteiger partial charge >= 0.3 is 0 Å². The third kappa shape index (κ3) is 4.49. The smallest absolute Gasteiger partial charge is 0.153 e. The summed E-state index contributed by atoms with van der Waals surface area (Å²) in [6.07, 6.45) is 2.57. The summed E-state index contributed by atoms with van der Waals surface area (Å²) >= 11 is 0. The molecule has 1 saturated heterocycles. The minimum absolute atomic E-state index is 0.0839. The van der Waals surface area contributed by atoms with Gasteiger partial charge in [0.1, 0.15) is 17.3 Å². The zero-order chi connectivity index (χ0) is 21.3. The van der Waals surface area contributed by atoms with Crippen LogP contribution in [0.1, 0.15) is 19.8 Å². The summed E-state index contributed by atoms with van der Waals surface area (Å²) < 4.78 is 62.9. The van der Waals surface area contributed by atoms with Gasteiger partial charge in [-0.3, -0.25) is 4.98 Å². The molecule has 2 unspecified atom stereocenters. The van der Waals surface area contributed by atoms with Crippen LogP contribution >= 0.6 is 0 Å². The van der Waals surface area contributed by atoms with Gasteiger partial charge in [0.25, 0.3) is 0 Å². The number of halogens is 2. The van der Waals surface area contributed by atoms with E-state index in [0.717, 1.165) is 25.1 Å². The van der Waals surface area contributed by atoms with Gasteiger partial charge in [0.05, 0.1) is 24.7 Å². The largest absolute Gasteiger partial charge is 0.493 e. The molecule has 8 heteroatoms. The third-order valence-electron chi connectivity index (χ3n) is 6.13. The van der Waals surface area contributed by atoms with Crippen molar-refractivity contribution in [1.29, 1.82) is 0 Å². The van der Waals surface area contributed by atoms with Gasteiger partial charge in [-0.05, 0) is 48.9 Å². The number of hydrogen-bond acceptors (Lipinski definition) is 5. The van der Waals surface area contributed by atoms with Gasteiger partial charge in [-0.2, -0.15) is 0 Å². The second kappa shape index (κ2) is 8.59. The molecule has 0 N–H and O–H groups in total. The van der Waals surface area contributed by atoms with E-state index in [4.69, 9.17) is 9.47 Å². The minimum atomic E-state index is -2.99. The molecule has 1 aliphatic heterocycles. The highest BCUT2D eigenvalue weighted by Gasteiger charge is 2.52. The Bertz CT molecular complexity index is 997. The van der Waals surface area contributed by atoms with Crippen molar-refractivity contribution in [3.05, 3.63) is 48.2 Å². The summed E-state index contributed by atoms with van der Waals surface area (Å²) in [7, 11) is -2.99. The van der Waals surface area contributed by atoms with Crippen LogP contribution in [0.5, 0.6) is 5.75 Å². The van der Waals surface area contributed by atoms with Crippen LogP contribution in [0.4, 0.5) is 8.78 Å². The molecule has 2 aliphatic rings. The fraction of sp³-hybridized carbons (Fsp3) is 0.500. The second-order valence-electron chi connectivity index (χ2n) is 8.00. The highest BCUT2D eigenvalue weighted by molar-refractivity contribution is 7.92. The second-order valence-corrected chi connectivity index (χ2v) is 10.5. The maximum Gasteiger partial charge on any atom is 0.153 e. The summed E-state index contributed by atoms with van der Waals surface area (Å²) in [5.41, 5.74) is 0.616. The van der Waals surface area contributed by atoms with Gasteiger partial charge in [-0.1, -0.05) is 6.92 Å². The molecule has 30 heavy (non-hydrogen) atoms. The van der Waals surface area contributed by atoms with Crippen LogP contribution in [0, 0.1) is 29.4 Å². The molecule has 0 bridgehead atoms. The highest BCUT2D eigenvalue weighted by atomic mass is 32.2. The summed E-state index contributed by atoms with van der Waals surface area (Å²) in [5.74, 6) is -0.00832. The zero-order valence-electron chi connectivity index (χ0n) is 16.8. The number of sulfone groups is 1. The number of nitrogens with zero attached hydrogens (tertiary/aromatic N) is 1. The molecule has 2 fully saturated rings. The van der Waals surface area contributed by atoms with Crippen molar-refractivity contribution in [3.63, 3.8) is 0 Å². The average Bonchev–Trinajstić information content (AvgIpc) is 3.55. The molecule has 5 nitrogen and oxygen atoms in total. The molecule has 0 spiro atoms. The van der Waals surface area contributed by atoms with E-state index >= 15 is 0 Å². The molecule has 0 radical (unpaired) electrons. The molecule has 1 saturated carbocycles. The molecule has 1 aromatic carbocycles. The lowest BCUT2D eigenvalue weighted by atomic mass is 9.85. The van der Waals surface area contributed by atoms with Crippen LogP contribution in [0.2, 0.25) is 0 Å². The van der Waals surface area contributed by atoms with Gasteiger partial charge in [0.15, 0.2) is 15.7 Å². The SMILES string of the molecule is CCS(=O)(=O)C1CC1[C@H]1CCOC[C@@H]1COc1ccc(-c2ncc(F)cc2F)cc1. The Labute approximate surface area is 175 Å². The first-order valence-electron chi connectivity index (χ1n) is 10.2. The standard InChI is InChI=1S/C22H25F2NO4S/c1-2-30(26,27)21-10-19(21)18-7-8-28-12-15(18)13-29-17-5-3-14(4-6-17)22-20(24)9-16(23)11-25-22/h3-6,9,11,15,18-19,21H,2,7-8,10,12-13H2,1H3/t15-,18+,19?,21?/m1/s1. The van der Waals surface area contributed by atoms with E-state index in [9.17, 15) is 17.2 Å². The maximum absolute atomic E-state index is 13.9. The van der Waals surface area contributed by atoms with Crippen molar-refractivity contribution in [3.8, 4) is 17.0 Å². The fourth-order valence-corrected chi connectivity index (χ4v) is 6.03. The number of hydrogen-bond donors (Lipinski definition) is 0. The van der Waals surface area contributed by atoms with Crippen LogP contribution in [-0.2, 0) is 14.6 Å². The van der Waals surface area contributed by atoms with Crippen LogP contribution in [-0.4, -0.2) is 44.2 Å². The topological polar surface area (TPSA) is 65.5 Å². The van der Waals surface area contributed by atoms with E-state index in [1.54, 1.807) is 31.2 Å². The monoisotopic (exact) mass is 437 g/mol. The Hall–Kier alpha value is -2.06. The minimum Gasteiger partial charge on any atom is -0.493 e. The Morgan fingerprint density at radius 2 is 1.97 bits per heavy atom. The predicted molar refractivity (Wildman–Crippen MR) is 109 cm³/mol. The summed E-state index contributed by atoms with van der Waals surface area (Å²) in [6, 6.07) is 7.61. The first kappa shape index (κ1) is 21.2. The van der Waals surface area contributed by atoms with E-state index in [0.29, 0.717) is 31.1 Å². The van der Waals surface area contributed by atoms with E-state index in [2.05, 4.69) is 4.98 Å². The first-order valence-corrected chi connectivity index (χ1v) is 11.9. The molecule has 4 rings (SSSR count). The van der Waals surface area contributed by atoms with Crippen molar-refractivity contribution >= 4 is 9.84 Å². The molecular weight excluding hydrogens is 412 g/mol. The van der Waals surface area contributed by atoms with E-state index in [1.807, 2.05) is 0 Å². The quantitative estimate of drug-likeness (QED) is 0.658. The summed E-state index contributed by atoms with van der Waals surface area (Å²) in [6.45, 7) is 3.35. The predicted octanol–water partition coefficient (Wildman–Crippen LogP) is 3.88. The lowest BCUT2D eigenvalue weighted by Gasteiger charge is -2.32. The molecule has 0 amide bonds. The molecule has 162 valence electrons. The van der Waals surface area contributed by atoms with Crippen LogP contribution in [0.25, 0.3) is 11.3 Å².